The summed E-state index contributed by atoms with van der Waals surface area (Å²) in [6.45, 7) is 0. The van der Waals surface area contributed by atoms with Crippen molar-refractivity contribution in [3.63, 3.8) is 0 Å². The molecule has 2 aromatic rings. The molecule has 0 atom stereocenters. The van der Waals surface area contributed by atoms with Crippen LogP contribution in [0.15, 0.2) is 48.5 Å². The normalized spacial score (nSPS) is 12.4. The van der Waals surface area contributed by atoms with E-state index in [0.717, 1.165) is 0 Å². The fourth-order valence-electron chi connectivity index (χ4n) is 1.74. The van der Waals surface area contributed by atoms with Gasteiger partial charge in [0.1, 0.15) is 0 Å². The maximum absolute atomic E-state index is 12.7. The number of hydrogen-bond donors (Lipinski definition) is 0. The second-order valence-corrected chi connectivity index (χ2v) is 14.3. The SMILES string of the molecule is COc1cccc[c]1[Bi]([O]S(=O)(=O)C(F)(F)F)[c]1ccc(Cl)cc1. The Morgan fingerprint density at radius 3 is 2.17 bits per heavy atom. The first-order valence-corrected chi connectivity index (χ1v) is 13.0. The molecule has 0 aliphatic rings. The van der Waals surface area contributed by atoms with Crippen LogP contribution in [0.25, 0.3) is 0 Å². The molecule has 0 radical (unpaired) electrons. The number of alkyl halides is 3. The molecular formula is C14H11BiClF3O4S. The summed E-state index contributed by atoms with van der Waals surface area (Å²) in [7, 11) is -4.38. The van der Waals surface area contributed by atoms with E-state index >= 15 is 0 Å². The molecule has 2 rings (SSSR count). The monoisotopic (exact) mass is 576 g/mol. The molecule has 0 aliphatic heterocycles. The second-order valence-electron chi connectivity index (χ2n) is 4.42. The Labute approximate surface area is 150 Å². The third-order valence-corrected chi connectivity index (χ3v) is 14.1. The van der Waals surface area contributed by atoms with Gasteiger partial charge < -0.3 is 0 Å². The molecule has 0 spiro atoms. The van der Waals surface area contributed by atoms with Crippen molar-refractivity contribution in [2.24, 2.45) is 0 Å². The van der Waals surface area contributed by atoms with Gasteiger partial charge in [-0.1, -0.05) is 0 Å². The number of para-hydroxylation sites is 1. The molecule has 0 aliphatic carbocycles. The van der Waals surface area contributed by atoms with Gasteiger partial charge >= 0.3 is 151 Å². The molecule has 10 heteroatoms. The minimum atomic E-state index is -5.73. The molecular weight excluding hydrogens is 566 g/mol. The molecule has 0 heterocycles. The molecule has 0 unspecified atom stereocenters. The summed E-state index contributed by atoms with van der Waals surface area (Å²) >= 11 is 1.74. The standard InChI is InChI=1S/C7H7O.C6H4Cl.CHF3O3S.Bi/c1-8-7-5-3-2-4-6-7;7-6-4-2-1-3-5-6;2-1(3,4)8(5,6)7;/h2-5H,1H3;2-5H;(H,5,6,7);/q;;;+1/p-1. The first kappa shape index (κ1) is 19.4. The van der Waals surface area contributed by atoms with Gasteiger partial charge in [-0.2, -0.15) is 0 Å². The number of rotatable bonds is 5. The molecule has 0 amide bonds. The Morgan fingerprint density at radius 1 is 1.04 bits per heavy atom. The minimum absolute atomic E-state index is 0.280. The summed E-state index contributed by atoms with van der Waals surface area (Å²) in [5, 5.41) is 0.376. The van der Waals surface area contributed by atoms with E-state index < -0.39 is 37.8 Å². The van der Waals surface area contributed by atoms with Crippen molar-refractivity contribution in [2.45, 2.75) is 5.51 Å². The van der Waals surface area contributed by atoms with E-state index in [1.54, 1.807) is 12.1 Å². The number of benzene rings is 2. The van der Waals surface area contributed by atoms with Crippen LogP contribution in [-0.4, -0.2) is 43.2 Å². The third kappa shape index (κ3) is 4.39. The molecule has 0 N–H and O–H groups in total. The third-order valence-electron chi connectivity index (χ3n) is 2.82. The van der Waals surface area contributed by atoms with E-state index in [2.05, 4.69) is 2.26 Å². The molecule has 2 aromatic carbocycles. The average Bonchev–Trinajstić information content (AvgIpc) is 2.52. The first-order valence-electron chi connectivity index (χ1n) is 6.35. The van der Waals surface area contributed by atoms with Gasteiger partial charge in [0.2, 0.25) is 0 Å². The van der Waals surface area contributed by atoms with Crippen molar-refractivity contribution in [2.75, 3.05) is 7.11 Å². The Hall–Kier alpha value is -0.887. The molecule has 0 saturated heterocycles. The zero-order valence-corrected chi connectivity index (χ0v) is 17.2. The summed E-state index contributed by atoms with van der Waals surface area (Å²) in [6, 6.07) is 12.1. The van der Waals surface area contributed by atoms with Crippen LogP contribution in [0.5, 0.6) is 5.75 Å². The van der Waals surface area contributed by atoms with Crippen LogP contribution in [0.1, 0.15) is 0 Å². The number of methoxy groups -OCH3 is 1. The Balaban J connectivity index is 2.56. The van der Waals surface area contributed by atoms with Gasteiger partial charge in [-0.05, 0) is 0 Å². The second kappa shape index (κ2) is 7.56. The Morgan fingerprint density at radius 2 is 1.62 bits per heavy atom. The van der Waals surface area contributed by atoms with Gasteiger partial charge in [-0.25, -0.2) is 0 Å². The van der Waals surface area contributed by atoms with Crippen molar-refractivity contribution in [3.8, 4) is 5.75 Å². The van der Waals surface area contributed by atoms with Crippen molar-refractivity contribution in [1.82, 2.24) is 0 Å². The van der Waals surface area contributed by atoms with Gasteiger partial charge in [0.15, 0.2) is 0 Å². The Kier molecular flexibility index (Phi) is 6.12. The summed E-state index contributed by atoms with van der Waals surface area (Å²) in [6.07, 6.45) is 0. The molecule has 130 valence electrons. The van der Waals surface area contributed by atoms with Gasteiger partial charge in [0.05, 0.1) is 0 Å². The zero-order valence-electron chi connectivity index (χ0n) is 12.1. The van der Waals surface area contributed by atoms with Crippen LogP contribution in [0.3, 0.4) is 0 Å². The first-order chi connectivity index (χ1) is 11.2. The van der Waals surface area contributed by atoms with E-state index in [1.807, 2.05) is 0 Å². The number of ether oxygens (including phenoxy) is 1. The summed E-state index contributed by atoms with van der Waals surface area (Å²) < 4.78 is 71.8. The molecule has 0 fully saturated rings. The predicted octanol–water partition coefficient (Wildman–Crippen LogP) is 2.32. The van der Waals surface area contributed by atoms with Crippen LogP contribution < -0.4 is 11.3 Å². The quantitative estimate of drug-likeness (QED) is 0.405. The fourth-order valence-corrected chi connectivity index (χ4v) is 12.5. The predicted molar refractivity (Wildman–Crippen MR) is 85.5 cm³/mol. The van der Waals surface area contributed by atoms with Gasteiger partial charge in [0, 0.05) is 0 Å². The Bertz CT molecular complexity index is 810. The van der Waals surface area contributed by atoms with Crippen molar-refractivity contribution < 1.29 is 28.6 Å². The number of halogens is 4. The van der Waals surface area contributed by atoms with E-state index in [4.69, 9.17) is 16.3 Å². The maximum atomic E-state index is 12.7. The van der Waals surface area contributed by atoms with Gasteiger partial charge in [-0.15, -0.1) is 0 Å². The van der Waals surface area contributed by atoms with Crippen molar-refractivity contribution in [1.29, 1.82) is 0 Å². The van der Waals surface area contributed by atoms with E-state index in [-0.39, 0.29) is 5.75 Å². The molecule has 24 heavy (non-hydrogen) atoms. The van der Waals surface area contributed by atoms with Crippen molar-refractivity contribution in [3.05, 3.63) is 53.6 Å². The van der Waals surface area contributed by atoms with Crippen LogP contribution in [0, 0.1) is 0 Å². The van der Waals surface area contributed by atoms with E-state index in [1.165, 1.54) is 43.5 Å². The van der Waals surface area contributed by atoms with E-state index in [9.17, 15) is 21.6 Å². The van der Waals surface area contributed by atoms with Gasteiger partial charge in [0.25, 0.3) is 0 Å². The van der Waals surface area contributed by atoms with Crippen LogP contribution in [0.2, 0.25) is 5.02 Å². The fraction of sp³-hybridized carbons (Fsp3) is 0.143. The number of hydrogen-bond acceptors (Lipinski definition) is 4. The van der Waals surface area contributed by atoms with Gasteiger partial charge in [-0.3, -0.25) is 0 Å². The van der Waals surface area contributed by atoms with Crippen molar-refractivity contribution >= 4 is 50.5 Å². The van der Waals surface area contributed by atoms with E-state index in [0.29, 0.717) is 11.6 Å². The summed E-state index contributed by atoms with van der Waals surface area (Å²) in [5.74, 6) is 0.280. The topological polar surface area (TPSA) is 52.6 Å². The van der Waals surface area contributed by atoms with Crippen LogP contribution >= 0.6 is 11.6 Å². The molecule has 0 saturated carbocycles. The summed E-state index contributed by atoms with van der Waals surface area (Å²) in [5.41, 5.74) is -5.49. The molecule has 0 bridgehead atoms. The summed E-state index contributed by atoms with van der Waals surface area (Å²) in [4.78, 5) is 0. The molecule has 0 aromatic heterocycles. The molecule has 4 nitrogen and oxygen atoms in total. The van der Waals surface area contributed by atoms with Crippen LogP contribution in [0.4, 0.5) is 13.2 Å². The zero-order chi connectivity index (χ0) is 18.0. The average molecular weight is 577 g/mol. The van der Waals surface area contributed by atoms with Crippen LogP contribution in [-0.2, 0) is 12.4 Å².